The normalized spacial score (nSPS) is 12.9. The number of benzene rings is 3. The van der Waals surface area contributed by atoms with Crippen molar-refractivity contribution in [2.75, 3.05) is 20.2 Å². The van der Waals surface area contributed by atoms with Crippen LogP contribution in [-0.2, 0) is 36.9 Å². The third kappa shape index (κ3) is 4.13. The summed E-state index contributed by atoms with van der Waals surface area (Å²) in [5, 5.41) is 1.46. The number of rotatable bonds is 6. The Labute approximate surface area is 184 Å². The molecular formula is C23H21FO7S. The summed E-state index contributed by atoms with van der Waals surface area (Å²) in [6.45, 7) is 1.55. The summed E-state index contributed by atoms with van der Waals surface area (Å²) in [6.07, 6.45) is 0.858. The molecule has 0 bridgehead atoms. The Bertz CT molecular complexity index is 1310. The van der Waals surface area contributed by atoms with E-state index < -0.39 is 21.9 Å². The van der Waals surface area contributed by atoms with E-state index in [0.29, 0.717) is 39.1 Å². The molecule has 0 spiro atoms. The van der Waals surface area contributed by atoms with Crippen molar-refractivity contribution >= 4 is 26.9 Å². The maximum absolute atomic E-state index is 13.7. The molecule has 1 aliphatic rings. The molecular weight excluding hydrogens is 439 g/mol. The van der Waals surface area contributed by atoms with Gasteiger partial charge in [-0.15, -0.1) is 0 Å². The van der Waals surface area contributed by atoms with Crippen LogP contribution in [0.3, 0.4) is 0 Å². The maximum atomic E-state index is 13.7. The number of carbonyl (C=O) groups excluding carboxylic acids is 1. The van der Waals surface area contributed by atoms with Crippen molar-refractivity contribution in [2.45, 2.75) is 20.0 Å². The molecule has 9 heteroatoms. The van der Waals surface area contributed by atoms with Crippen LogP contribution in [0.25, 0.3) is 21.9 Å². The van der Waals surface area contributed by atoms with E-state index in [1.165, 1.54) is 19.2 Å². The molecule has 168 valence electrons. The van der Waals surface area contributed by atoms with Crippen LogP contribution in [0.4, 0.5) is 4.39 Å². The van der Waals surface area contributed by atoms with E-state index in [2.05, 4.69) is 0 Å². The first-order valence-electron chi connectivity index (χ1n) is 9.73. The third-order valence-corrected chi connectivity index (χ3v) is 5.96. The molecule has 1 aliphatic heterocycles. The van der Waals surface area contributed by atoms with Crippen molar-refractivity contribution in [1.29, 1.82) is 0 Å². The van der Waals surface area contributed by atoms with Crippen LogP contribution < -0.4 is 9.47 Å². The monoisotopic (exact) mass is 460 g/mol. The standard InChI is InChI=1S/C23H21FO7S/c1-13-16-8-9-19-23(30-12-29-19)22(16)21(14-4-6-15(24)7-5-14)18(11-31-32(3,26)27)17(13)10-20(25)28-2/h4-9H,10-12H2,1-3H3. The second kappa shape index (κ2) is 8.40. The molecule has 0 amide bonds. The van der Waals surface area contributed by atoms with Gasteiger partial charge in [0.05, 0.1) is 26.4 Å². The van der Waals surface area contributed by atoms with Gasteiger partial charge in [0.25, 0.3) is 10.1 Å². The smallest absolute Gasteiger partial charge is 0.309 e. The van der Waals surface area contributed by atoms with Crippen LogP contribution in [0, 0.1) is 12.7 Å². The van der Waals surface area contributed by atoms with Gasteiger partial charge in [-0.3, -0.25) is 8.98 Å². The SMILES string of the molecule is COC(=O)Cc1c(COS(C)(=O)=O)c(-c2ccc(F)cc2)c2c3c(ccc2c1C)OCO3. The average Bonchev–Trinajstić information content (AvgIpc) is 3.23. The first-order chi connectivity index (χ1) is 15.2. The zero-order valence-electron chi connectivity index (χ0n) is 17.7. The second-order valence-electron chi connectivity index (χ2n) is 7.41. The van der Waals surface area contributed by atoms with Crippen LogP contribution >= 0.6 is 0 Å². The van der Waals surface area contributed by atoms with Crippen molar-refractivity contribution < 1.29 is 36.0 Å². The quantitative estimate of drug-likeness (QED) is 0.408. The van der Waals surface area contributed by atoms with Gasteiger partial charge in [-0.2, -0.15) is 8.42 Å². The highest BCUT2D eigenvalue weighted by Crippen LogP contribution is 2.48. The molecule has 32 heavy (non-hydrogen) atoms. The minimum absolute atomic E-state index is 0.0371. The molecule has 0 saturated heterocycles. The van der Waals surface area contributed by atoms with Gasteiger partial charge < -0.3 is 14.2 Å². The molecule has 3 aromatic carbocycles. The highest BCUT2D eigenvalue weighted by molar-refractivity contribution is 7.85. The zero-order valence-corrected chi connectivity index (χ0v) is 18.5. The van der Waals surface area contributed by atoms with Gasteiger partial charge in [0.2, 0.25) is 6.79 Å². The number of carbonyl (C=O) groups is 1. The summed E-state index contributed by atoms with van der Waals surface area (Å²) < 4.78 is 58.6. The molecule has 0 atom stereocenters. The van der Waals surface area contributed by atoms with Gasteiger partial charge in [-0.05, 0) is 58.3 Å². The lowest BCUT2D eigenvalue weighted by Gasteiger charge is -2.22. The summed E-state index contributed by atoms with van der Waals surface area (Å²) in [4.78, 5) is 12.2. The fourth-order valence-electron chi connectivity index (χ4n) is 3.94. The predicted octanol–water partition coefficient (Wildman–Crippen LogP) is 3.87. The van der Waals surface area contributed by atoms with Crippen LogP contribution in [0.1, 0.15) is 16.7 Å². The number of methoxy groups -OCH3 is 1. The number of hydrogen-bond donors (Lipinski definition) is 0. The topological polar surface area (TPSA) is 88.1 Å². The first-order valence-corrected chi connectivity index (χ1v) is 11.5. The van der Waals surface area contributed by atoms with Crippen LogP contribution in [-0.4, -0.2) is 34.5 Å². The minimum atomic E-state index is -3.79. The van der Waals surface area contributed by atoms with Crippen LogP contribution in [0.2, 0.25) is 0 Å². The molecule has 0 aliphatic carbocycles. The molecule has 3 aromatic rings. The second-order valence-corrected chi connectivity index (χ2v) is 9.05. The zero-order chi connectivity index (χ0) is 23.0. The molecule has 1 heterocycles. The number of esters is 1. The largest absolute Gasteiger partial charge is 0.469 e. The van der Waals surface area contributed by atoms with Crippen molar-refractivity contribution in [1.82, 2.24) is 0 Å². The summed E-state index contributed by atoms with van der Waals surface area (Å²) in [5.41, 5.74) is 2.99. The Morgan fingerprint density at radius 3 is 2.47 bits per heavy atom. The van der Waals surface area contributed by atoms with E-state index in [0.717, 1.165) is 17.2 Å². The lowest BCUT2D eigenvalue weighted by molar-refractivity contribution is -0.139. The summed E-state index contributed by atoms with van der Waals surface area (Å²) in [5.74, 6) is 0.128. The first kappa shape index (κ1) is 22.0. The van der Waals surface area contributed by atoms with Crippen molar-refractivity contribution in [3.8, 4) is 22.6 Å². The van der Waals surface area contributed by atoms with Gasteiger partial charge in [-0.1, -0.05) is 18.2 Å². The van der Waals surface area contributed by atoms with E-state index in [-0.39, 0.29) is 19.8 Å². The fourth-order valence-corrected chi connectivity index (χ4v) is 4.27. The Morgan fingerprint density at radius 1 is 1.09 bits per heavy atom. The Balaban J connectivity index is 2.12. The molecule has 0 saturated carbocycles. The van der Waals surface area contributed by atoms with E-state index in [1.54, 1.807) is 18.2 Å². The van der Waals surface area contributed by atoms with Gasteiger partial charge >= 0.3 is 5.97 Å². The van der Waals surface area contributed by atoms with E-state index in [4.69, 9.17) is 18.4 Å². The summed E-state index contributed by atoms with van der Waals surface area (Å²) >= 11 is 0. The molecule has 0 aromatic heterocycles. The molecule has 0 N–H and O–H groups in total. The van der Waals surface area contributed by atoms with Crippen molar-refractivity contribution in [3.63, 3.8) is 0 Å². The highest BCUT2D eigenvalue weighted by atomic mass is 32.2. The van der Waals surface area contributed by atoms with Gasteiger partial charge in [-0.25, -0.2) is 4.39 Å². The van der Waals surface area contributed by atoms with Gasteiger partial charge in [0, 0.05) is 5.39 Å². The molecule has 7 nitrogen and oxygen atoms in total. The maximum Gasteiger partial charge on any atom is 0.309 e. The van der Waals surface area contributed by atoms with Gasteiger partial charge in [0.1, 0.15) is 5.82 Å². The fraction of sp³-hybridized carbons (Fsp3) is 0.261. The van der Waals surface area contributed by atoms with Crippen LogP contribution in [0.15, 0.2) is 36.4 Å². The third-order valence-electron chi connectivity index (χ3n) is 5.41. The number of fused-ring (bicyclic) bond motifs is 3. The van der Waals surface area contributed by atoms with E-state index in [1.807, 2.05) is 13.0 Å². The highest BCUT2D eigenvalue weighted by Gasteiger charge is 2.27. The Hall–Kier alpha value is -3.17. The molecule has 4 rings (SSSR count). The van der Waals surface area contributed by atoms with Crippen LogP contribution in [0.5, 0.6) is 11.5 Å². The molecule has 0 radical (unpaired) electrons. The minimum Gasteiger partial charge on any atom is -0.469 e. The number of halogens is 1. The Morgan fingerprint density at radius 2 is 1.81 bits per heavy atom. The van der Waals surface area contributed by atoms with Crippen molar-refractivity contribution in [3.05, 3.63) is 58.9 Å². The predicted molar refractivity (Wildman–Crippen MR) is 116 cm³/mol. The number of ether oxygens (including phenoxy) is 3. The van der Waals surface area contributed by atoms with Crippen molar-refractivity contribution in [2.24, 2.45) is 0 Å². The summed E-state index contributed by atoms with van der Waals surface area (Å²) in [7, 11) is -2.51. The lowest BCUT2D eigenvalue weighted by Crippen LogP contribution is -2.13. The number of hydrogen-bond acceptors (Lipinski definition) is 7. The molecule has 0 fully saturated rings. The Kier molecular flexibility index (Phi) is 5.79. The summed E-state index contributed by atoms with van der Waals surface area (Å²) in [6, 6.07) is 9.42. The lowest BCUT2D eigenvalue weighted by atomic mass is 9.85. The van der Waals surface area contributed by atoms with E-state index in [9.17, 15) is 17.6 Å². The number of aryl methyl sites for hydroxylation is 1. The average molecular weight is 460 g/mol. The molecule has 0 unspecified atom stereocenters. The van der Waals surface area contributed by atoms with E-state index >= 15 is 0 Å². The van der Waals surface area contributed by atoms with Gasteiger partial charge in [0.15, 0.2) is 11.5 Å².